The van der Waals surface area contributed by atoms with Gasteiger partial charge >= 0.3 is 0 Å². The van der Waals surface area contributed by atoms with Crippen LogP contribution in [0.2, 0.25) is 0 Å². The number of rotatable bonds is 5. The van der Waals surface area contributed by atoms with Crippen LogP contribution in [0.25, 0.3) is 0 Å². The summed E-state index contributed by atoms with van der Waals surface area (Å²) in [6, 6.07) is 12.9. The lowest BCUT2D eigenvalue weighted by molar-refractivity contribution is -0.140. The van der Waals surface area contributed by atoms with Crippen molar-refractivity contribution in [2.45, 2.75) is 20.3 Å². The van der Waals surface area contributed by atoms with E-state index in [0.717, 1.165) is 17.5 Å². The lowest BCUT2D eigenvalue weighted by Gasteiger charge is -2.37. The number of hydrogen-bond donors (Lipinski definition) is 0. The number of benzene rings is 2. The van der Waals surface area contributed by atoms with E-state index in [0.29, 0.717) is 28.8 Å². The van der Waals surface area contributed by atoms with Gasteiger partial charge in [-0.3, -0.25) is 24.2 Å². The second kappa shape index (κ2) is 7.55. The van der Waals surface area contributed by atoms with E-state index in [1.165, 1.54) is 4.90 Å². The first-order valence-electron chi connectivity index (χ1n) is 12.0. The molecule has 1 saturated heterocycles. The van der Waals surface area contributed by atoms with Gasteiger partial charge in [0.05, 0.1) is 18.9 Å². The molecule has 0 N–H and O–H groups in total. The van der Waals surface area contributed by atoms with E-state index in [4.69, 9.17) is 4.74 Å². The fourth-order valence-corrected chi connectivity index (χ4v) is 6.47. The zero-order valence-electron chi connectivity index (χ0n) is 19.6. The Morgan fingerprint density at radius 2 is 1.68 bits per heavy atom. The SMILES string of the molecule is COc1cccc(C(=O)N(CN2C(=O)C3C4C=CC(C5CC45)C3C2=O)c2cc(C)ccc2C)c1. The Bertz CT molecular complexity index is 1210. The van der Waals surface area contributed by atoms with Crippen molar-refractivity contribution in [3.63, 3.8) is 0 Å². The van der Waals surface area contributed by atoms with Crippen molar-refractivity contribution in [3.8, 4) is 5.75 Å². The van der Waals surface area contributed by atoms with E-state index in [2.05, 4.69) is 12.2 Å². The summed E-state index contributed by atoms with van der Waals surface area (Å²) in [6.07, 6.45) is 5.45. The molecule has 1 aliphatic heterocycles. The first kappa shape index (κ1) is 21.1. The highest BCUT2D eigenvalue weighted by molar-refractivity contribution is 6.10. The van der Waals surface area contributed by atoms with Crippen molar-refractivity contribution >= 4 is 23.4 Å². The van der Waals surface area contributed by atoms with Gasteiger partial charge in [-0.05, 0) is 79.3 Å². The topological polar surface area (TPSA) is 66.9 Å². The zero-order valence-corrected chi connectivity index (χ0v) is 19.6. The number of likely N-dealkylation sites (tertiary alicyclic amines) is 1. The minimum atomic E-state index is -0.279. The molecular formula is C28H28N2O4. The number of aryl methyl sites for hydroxylation is 2. The minimum Gasteiger partial charge on any atom is -0.497 e. The maximum absolute atomic E-state index is 13.8. The number of imide groups is 1. The molecule has 7 rings (SSSR count). The van der Waals surface area contributed by atoms with Crippen LogP contribution < -0.4 is 9.64 Å². The van der Waals surface area contributed by atoms with E-state index in [-0.39, 0.29) is 48.1 Å². The number of carbonyl (C=O) groups excluding carboxylic acids is 3. The summed E-state index contributed by atoms with van der Waals surface area (Å²) in [4.78, 5) is 43.9. The van der Waals surface area contributed by atoms with Gasteiger partial charge in [-0.25, -0.2) is 0 Å². The van der Waals surface area contributed by atoms with Crippen LogP contribution in [-0.4, -0.2) is 36.4 Å². The van der Waals surface area contributed by atoms with Crippen LogP contribution in [0.4, 0.5) is 5.69 Å². The van der Waals surface area contributed by atoms with Crippen molar-refractivity contribution in [2.24, 2.45) is 35.5 Å². The number of allylic oxidation sites excluding steroid dienone is 2. The van der Waals surface area contributed by atoms with Gasteiger partial charge in [0.2, 0.25) is 11.8 Å². The molecule has 5 aliphatic rings. The fourth-order valence-electron chi connectivity index (χ4n) is 6.47. The Morgan fingerprint density at radius 3 is 2.32 bits per heavy atom. The van der Waals surface area contributed by atoms with Crippen molar-refractivity contribution in [2.75, 3.05) is 18.7 Å². The number of amides is 3. The normalized spacial score (nSPS) is 30.3. The Hall–Kier alpha value is -3.41. The molecule has 34 heavy (non-hydrogen) atoms. The third-order valence-electron chi connectivity index (χ3n) is 8.25. The molecule has 0 spiro atoms. The monoisotopic (exact) mass is 456 g/mol. The molecule has 6 heteroatoms. The summed E-state index contributed by atoms with van der Waals surface area (Å²) < 4.78 is 5.31. The summed E-state index contributed by atoms with van der Waals surface area (Å²) in [5, 5.41) is 0. The van der Waals surface area contributed by atoms with Crippen LogP contribution in [0.5, 0.6) is 5.75 Å². The molecule has 6 atom stereocenters. The molecule has 0 aromatic heterocycles. The second-order valence-corrected chi connectivity index (χ2v) is 10.2. The van der Waals surface area contributed by atoms with Crippen molar-refractivity contribution in [1.82, 2.24) is 4.90 Å². The van der Waals surface area contributed by atoms with Crippen LogP contribution in [0.3, 0.4) is 0 Å². The van der Waals surface area contributed by atoms with Crippen molar-refractivity contribution < 1.29 is 19.1 Å². The van der Waals surface area contributed by atoms with Gasteiger partial charge in [-0.1, -0.05) is 30.4 Å². The maximum atomic E-state index is 13.8. The number of methoxy groups -OCH3 is 1. The molecule has 3 fully saturated rings. The Morgan fingerprint density at radius 1 is 1.00 bits per heavy atom. The summed E-state index contributed by atoms with van der Waals surface area (Å²) in [7, 11) is 1.56. The lowest BCUT2D eigenvalue weighted by Crippen LogP contribution is -2.45. The third-order valence-corrected chi connectivity index (χ3v) is 8.25. The van der Waals surface area contributed by atoms with Crippen molar-refractivity contribution in [1.29, 1.82) is 0 Å². The first-order valence-corrected chi connectivity index (χ1v) is 12.0. The Kier molecular flexibility index (Phi) is 4.70. The average molecular weight is 457 g/mol. The van der Waals surface area contributed by atoms with E-state index >= 15 is 0 Å². The van der Waals surface area contributed by atoms with Gasteiger partial charge in [-0.15, -0.1) is 0 Å². The molecule has 4 aliphatic carbocycles. The molecule has 174 valence electrons. The lowest BCUT2D eigenvalue weighted by atomic mass is 9.63. The fraction of sp³-hybridized carbons (Fsp3) is 0.393. The molecule has 2 bridgehead atoms. The predicted octanol–water partition coefficient (Wildman–Crippen LogP) is 3.97. The van der Waals surface area contributed by atoms with E-state index < -0.39 is 0 Å². The second-order valence-electron chi connectivity index (χ2n) is 10.2. The van der Waals surface area contributed by atoms with Crippen molar-refractivity contribution in [3.05, 3.63) is 71.3 Å². The van der Waals surface area contributed by atoms with Crippen LogP contribution in [0.15, 0.2) is 54.6 Å². The van der Waals surface area contributed by atoms with Crippen LogP contribution in [0.1, 0.15) is 27.9 Å². The zero-order chi connectivity index (χ0) is 23.7. The number of ether oxygens (including phenoxy) is 1. The highest BCUT2D eigenvalue weighted by atomic mass is 16.5. The van der Waals surface area contributed by atoms with E-state index in [1.807, 2.05) is 32.0 Å². The summed E-state index contributed by atoms with van der Waals surface area (Å²) in [5.74, 6) is 0.886. The summed E-state index contributed by atoms with van der Waals surface area (Å²) in [6.45, 7) is 3.82. The van der Waals surface area contributed by atoms with Crippen LogP contribution in [0, 0.1) is 49.4 Å². The van der Waals surface area contributed by atoms with Crippen LogP contribution >= 0.6 is 0 Å². The van der Waals surface area contributed by atoms with Gasteiger partial charge < -0.3 is 4.74 Å². The van der Waals surface area contributed by atoms with Gasteiger partial charge in [0.15, 0.2) is 0 Å². The minimum absolute atomic E-state index is 0.0836. The molecule has 2 aromatic rings. The molecule has 3 amide bonds. The largest absolute Gasteiger partial charge is 0.497 e. The highest BCUT2D eigenvalue weighted by Gasteiger charge is 2.67. The number of nitrogens with zero attached hydrogens (tertiary/aromatic N) is 2. The summed E-state index contributed by atoms with van der Waals surface area (Å²) >= 11 is 0. The van der Waals surface area contributed by atoms with Gasteiger partial charge in [-0.2, -0.15) is 0 Å². The Labute approximate surface area is 199 Å². The average Bonchev–Trinajstić information content (AvgIpc) is 3.64. The Balaban J connectivity index is 1.37. The van der Waals surface area contributed by atoms with Gasteiger partial charge in [0.25, 0.3) is 5.91 Å². The number of hydrogen-bond acceptors (Lipinski definition) is 4. The van der Waals surface area contributed by atoms with Crippen LogP contribution in [-0.2, 0) is 9.59 Å². The van der Waals surface area contributed by atoms with Gasteiger partial charge in [0.1, 0.15) is 12.4 Å². The number of carbonyl (C=O) groups is 3. The molecule has 2 saturated carbocycles. The summed E-state index contributed by atoms with van der Waals surface area (Å²) in [5.41, 5.74) is 3.05. The number of anilines is 1. The molecule has 6 unspecified atom stereocenters. The standard InChI is InChI=1S/C28H28N2O4/c1-15-7-8-16(2)23(11-15)29(26(31)17-5-4-6-18(12-17)34-3)14-30-27(32)24-19-9-10-20(22-13-21(19)22)25(24)28(30)33/h4-12,19-22,24-25H,13-14H2,1-3H3. The third kappa shape index (κ3) is 3.04. The molecular weight excluding hydrogens is 428 g/mol. The maximum Gasteiger partial charge on any atom is 0.259 e. The van der Waals surface area contributed by atoms with E-state index in [1.54, 1.807) is 36.3 Å². The molecule has 2 aromatic carbocycles. The molecule has 0 radical (unpaired) electrons. The van der Waals surface area contributed by atoms with E-state index in [9.17, 15) is 14.4 Å². The quantitative estimate of drug-likeness (QED) is 0.504. The molecule has 1 heterocycles. The van der Waals surface area contributed by atoms with Gasteiger partial charge in [0, 0.05) is 11.3 Å². The predicted molar refractivity (Wildman–Crippen MR) is 127 cm³/mol. The highest BCUT2D eigenvalue weighted by Crippen LogP contribution is 2.65. The smallest absolute Gasteiger partial charge is 0.259 e. The molecule has 6 nitrogen and oxygen atoms in total. The first-order chi connectivity index (χ1) is 16.4.